The van der Waals surface area contributed by atoms with Crippen LogP contribution in [0.15, 0.2) is 65.3 Å². The first kappa shape index (κ1) is 21.1. The molecule has 1 atom stereocenters. The molecule has 3 aromatic rings. The van der Waals surface area contributed by atoms with Gasteiger partial charge in [-0.1, -0.05) is 30.3 Å². The van der Waals surface area contributed by atoms with Crippen LogP contribution in [0.3, 0.4) is 0 Å². The Labute approximate surface area is 193 Å². The quantitative estimate of drug-likeness (QED) is 0.611. The van der Waals surface area contributed by atoms with Gasteiger partial charge in [-0.05, 0) is 48.7 Å². The smallest absolute Gasteiger partial charge is 0.255 e. The molecular weight excluding hydrogens is 416 g/mol. The third kappa shape index (κ3) is 4.44. The number of carbonyl (C=O) groups excluding carboxylic acids is 2. The van der Waals surface area contributed by atoms with Crippen molar-refractivity contribution in [2.45, 2.75) is 32.5 Å². The molecule has 3 heterocycles. The highest BCUT2D eigenvalue weighted by Crippen LogP contribution is 2.33. The van der Waals surface area contributed by atoms with E-state index in [9.17, 15) is 9.59 Å². The highest BCUT2D eigenvalue weighted by atomic mass is 16.3. The minimum atomic E-state index is -0.143. The molecule has 2 aliphatic heterocycles. The normalized spacial score (nSPS) is 17.6. The van der Waals surface area contributed by atoms with Crippen molar-refractivity contribution in [3.8, 4) is 0 Å². The number of anilines is 2. The lowest BCUT2D eigenvalue weighted by molar-refractivity contribution is -0.120. The molecule has 0 bridgehead atoms. The van der Waals surface area contributed by atoms with Gasteiger partial charge in [0.1, 0.15) is 5.76 Å². The number of nitrogens with one attached hydrogen (secondary N) is 2. The van der Waals surface area contributed by atoms with Crippen LogP contribution < -0.4 is 20.4 Å². The van der Waals surface area contributed by atoms with Crippen LogP contribution in [0.1, 0.15) is 34.2 Å². The summed E-state index contributed by atoms with van der Waals surface area (Å²) < 4.78 is 5.71. The molecule has 170 valence electrons. The number of furan rings is 1. The second-order valence-corrected chi connectivity index (χ2v) is 8.69. The number of para-hydroxylation sites is 1. The topological polar surface area (TPSA) is 77.8 Å². The van der Waals surface area contributed by atoms with Gasteiger partial charge in [0.25, 0.3) is 5.91 Å². The van der Waals surface area contributed by atoms with E-state index in [0.717, 1.165) is 24.2 Å². The molecule has 1 aromatic heterocycles. The van der Waals surface area contributed by atoms with E-state index in [2.05, 4.69) is 45.6 Å². The maximum absolute atomic E-state index is 12.9. The molecule has 2 aromatic carbocycles. The van der Waals surface area contributed by atoms with Gasteiger partial charge in [0.2, 0.25) is 5.91 Å². The average molecular weight is 445 g/mol. The van der Waals surface area contributed by atoms with Crippen molar-refractivity contribution in [1.29, 1.82) is 0 Å². The summed E-state index contributed by atoms with van der Waals surface area (Å²) in [5.74, 6) is 0.575. The Kier molecular flexibility index (Phi) is 5.77. The lowest BCUT2D eigenvalue weighted by Crippen LogP contribution is -2.47. The van der Waals surface area contributed by atoms with E-state index < -0.39 is 0 Å². The third-order valence-electron chi connectivity index (χ3n) is 6.45. The van der Waals surface area contributed by atoms with Crippen LogP contribution in [-0.4, -0.2) is 37.5 Å². The Morgan fingerprint density at radius 1 is 1.15 bits per heavy atom. The van der Waals surface area contributed by atoms with Gasteiger partial charge in [0.15, 0.2) is 0 Å². The molecule has 0 spiro atoms. The van der Waals surface area contributed by atoms with Gasteiger partial charge in [-0.25, -0.2) is 0 Å². The van der Waals surface area contributed by atoms with Crippen LogP contribution in [0.4, 0.5) is 11.4 Å². The number of amides is 2. The molecule has 0 aliphatic carbocycles. The summed E-state index contributed by atoms with van der Waals surface area (Å²) >= 11 is 0. The minimum Gasteiger partial charge on any atom is -0.467 e. The van der Waals surface area contributed by atoms with Crippen molar-refractivity contribution >= 4 is 23.2 Å². The van der Waals surface area contributed by atoms with Crippen LogP contribution in [0.5, 0.6) is 0 Å². The molecule has 2 amide bonds. The average Bonchev–Trinajstić information content (AvgIpc) is 3.42. The fourth-order valence-electron chi connectivity index (χ4n) is 4.65. The van der Waals surface area contributed by atoms with E-state index in [4.69, 9.17) is 4.42 Å². The first-order valence-electron chi connectivity index (χ1n) is 11.4. The molecule has 1 unspecified atom stereocenters. The summed E-state index contributed by atoms with van der Waals surface area (Å²) in [5.41, 5.74) is 5.12. The van der Waals surface area contributed by atoms with Crippen LogP contribution in [0, 0.1) is 0 Å². The van der Waals surface area contributed by atoms with Gasteiger partial charge in [-0.3, -0.25) is 9.59 Å². The first-order valence-corrected chi connectivity index (χ1v) is 11.4. The number of carbonyl (C=O) groups is 2. The molecule has 7 heteroatoms. The summed E-state index contributed by atoms with van der Waals surface area (Å²) in [6.07, 6.45) is 2.58. The summed E-state index contributed by atoms with van der Waals surface area (Å²) in [6.45, 7) is 5.01. The predicted molar refractivity (Wildman–Crippen MR) is 127 cm³/mol. The second-order valence-electron chi connectivity index (χ2n) is 8.69. The van der Waals surface area contributed by atoms with Crippen molar-refractivity contribution in [1.82, 2.24) is 10.6 Å². The van der Waals surface area contributed by atoms with E-state index in [0.29, 0.717) is 43.5 Å². The zero-order chi connectivity index (χ0) is 22.8. The number of benzene rings is 2. The van der Waals surface area contributed by atoms with Crippen molar-refractivity contribution in [3.05, 3.63) is 83.3 Å². The van der Waals surface area contributed by atoms with E-state index in [1.807, 2.05) is 30.3 Å². The zero-order valence-corrected chi connectivity index (χ0v) is 18.7. The summed E-state index contributed by atoms with van der Waals surface area (Å²) in [5, 5.41) is 5.84. The Morgan fingerprint density at radius 3 is 2.79 bits per heavy atom. The fourth-order valence-corrected chi connectivity index (χ4v) is 4.65. The summed E-state index contributed by atoms with van der Waals surface area (Å²) in [4.78, 5) is 28.9. The van der Waals surface area contributed by atoms with Crippen LogP contribution in [0.25, 0.3) is 0 Å². The number of nitrogens with zero attached hydrogens (tertiary/aromatic N) is 2. The standard InChI is InChI=1S/C26H28N4O3/c1-18-14-20-4-2-3-5-23(20)30(18)16-24-22(10-13-33-24)26(32)28-15-19-6-8-21(9-7-19)29-12-11-27-25(31)17-29/h2-10,13,18H,11-12,14-17H2,1H3,(H,27,31)(H,28,32). The fraction of sp³-hybridized carbons (Fsp3) is 0.308. The largest absolute Gasteiger partial charge is 0.467 e. The number of rotatable bonds is 6. The van der Waals surface area contributed by atoms with Crippen molar-refractivity contribution < 1.29 is 14.0 Å². The number of hydrogen-bond donors (Lipinski definition) is 2. The molecular formula is C26H28N4O3. The Hall–Kier alpha value is -3.74. The summed E-state index contributed by atoms with van der Waals surface area (Å²) in [6, 6.07) is 18.5. The molecule has 33 heavy (non-hydrogen) atoms. The maximum Gasteiger partial charge on any atom is 0.255 e. The molecule has 2 aliphatic rings. The molecule has 0 saturated carbocycles. The van der Waals surface area contributed by atoms with E-state index in [-0.39, 0.29) is 11.8 Å². The first-order chi connectivity index (χ1) is 16.1. The van der Waals surface area contributed by atoms with Gasteiger partial charge in [-0.15, -0.1) is 0 Å². The molecule has 7 nitrogen and oxygen atoms in total. The van der Waals surface area contributed by atoms with Gasteiger partial charge in [-0.2, -0.15) is 0 Å². The second kappa shape index (κ2) is 9.02. The SMILES string of the molecule is CC1Cc2ccccc2N1Cc1occc1C(=O)NCc1ccc(N2CCNC(=O)C2)cc1. The van der Waals surface area contributed by atoms with E-state index in [1.165, 1.54) is 11.3 Å². The van der Waals surface area contributed by atoms with Crippen molar-refractivity contribution in [2.24, 2.45) is 0 Å². The summed E-state index contributed by atoms with van der Waals surface area (Å²) in [7, 11) is 0. The van der Waals surface area contributed by atoms with Gasteiger partial charge >= 0.3 is 0 Å². The molecule has 5 rings (SSSR count). The maximum atomic E-state index is 12.9. The van der Waals surface area contributed by atoms with Crippen LogP contribution in [0.2, 0.25) is 0 Å². The lowest BCUT2D eigenvalue weighted by Gasteiger charge is -2.28. The van der Waals surface area contributed by atoms with E-state index >= 15 is 0 Å². The van der Waals surface area contributed by atoms with Gasteiger partial charge in [0, 0.05) is 37.1 Å². The van der Waals surface area contributed by atoms with Gasteiger partial charge in [0.05, 0.1) is 24.9 Å². The highest BCUT2D eigenvalue weighted by molar-refractivity contribution is 5.95. The van der Waals surface area contributed by atoms with Crippen molar-refractivity contribution in [2.75, 3.05) is 29.4 Å². The number of fused-ring (bicyclic) bond motifs is 1. The Balaban J connectivity index is 1.21. The van der Waals surface area contributed by atoms with Gasteiger partial charge < -0.3 is 24.9 Å². The monoisotopic (exact) mass is 444 g/mol. The lowest BCUT2D eigenvalue weighted by atomic mass is 10.1. The zero-order valence-electron chi connectivity index (χ0n) is 18.7. The van der Waals surface area contributed by atoms with E-state index in [1.54, 1.807) is 12.3 Å². The van der Waals surface area contributed by atoms with Crippen LogP contribution in [-0.2, 0) is 24.3 Å². The van der Waals surface area contributed by atoms with Crippen LogP contribution >= 0.6 is 0 Å². The molecule has 2 N–H and O–H groups in total. The molecule has 0 radical (unpaired) electrons. The minimum absolute atomic E-state index is 0.0420. The molecule has 1 saturated heterocycles. The number of piperazine rings is 1. The Bertz CT molecular complexity index is 1150. The number of hydrogen-bond acceptors (Lipinski definition) is 5. The highest BCUT2D eigenvalue weighted by Gasteiger charge is 2.28. The predicted octanol–water partition coefficient (Wildman–Crippen LogP) is 3.10. The third-order valence-corrected chi connectivity index (χ3v) is 6.45. The van der Waals surface area contributed by atoms with Crippen molar-refractivity contribution in [3.63, 3.8) is 0 Å². The Morgan fingerprint density at radius 2 is 1.97 bits per heavy atom. The molecule has 1 fully saturated rings.